The monoisotopic (exact) mass is 306 g/mol. The Morgan fingerprint density at radius 3 is 3.05 bits per heavy atom. The first-order chi connectivity index (χ1) is 10.6. The molecule has 2 heterocycles. The molecule has 2 atom stereocenters. The van der Waals surface area contributed by atoms with Crippen LogP contribution in [0, 0.1) is 12.7 Å². The molecule has 0 bridgehead atoms. The number of aromatic amines is 1. The first-order valence-electron chi connectivity index (χ1n) is 7.30. The molecule has 6 heteroatoms. The number of aryl methyl sites for hydroxylation is 1. The first-order valence-corrected chi connectivity index (χ1v) is 7.30. The predicted molar refractivity (Wildman–Crippen MR) is 80.5 cm³/mol. The van der Waals surface area contributed by atoms with Gasteiger partial charge in [0.15, 0.2) is 0 Å². The summed E-state index contributed by atoms with van der Waals surface area (Å²) >= 11 is 0. The van der Waals surface area contributed by atoms with Crippen LogP contribution in [0.4, 0.5) is 4.39 Å². The molecule has 0 radical (unpaired) electrons. The Kier molecular flexibility index (Phi) is 4.13. The fourth-order valence-corrected chi connectivity index (χ4v) is 2.89. The number of ether oxygens (including phenoxy) is 2. The molecule has 3 rings (SSSR count). The number of carbonyl (C=O) groups excluding carboxylic acids is 1. The van der Waals surface area contributed by atoms with Gasteiger partial charge in [-0.15, -0.1) is 0 Å². The zero-order valence-electron chi connectivity index (χ0n) is 12.6. The maximum atomic E-state index is 13.8. The number of methoxy groups -OCH3 is 1. The molecule has 0 spiro atoms. The maximum Gasteiger partial charge on any atom is 0.268 e. The second-order valence-electron chi connectivity index (χ2n) is 5.51. The summed E-state index contributed by atoms with van der Waals surface area (Å²) in [6.45, 7) is 2.86. The highest BCUT2D eigenvalue weighted by Gasteiger charge is 2.28. The molecule has 22 heavy (non-hydrogen) atoms. The van der Waals surface area contributed by atoms with Gasteiger partial charge in [0.2, 0.25) is 0 Å². The van der Waals surface area contributed by atoms with Crippen LogP contribution in [-0.4, -0.2) is 43.4 Å². The van der Waals surface area contributed by atoms with Crippen molar-refractivity contribution < 1.29 is 18.7 Å². The smallest absolute Gasteiger partial charge is 0.268 e. The van der Waals surface area contributed by atoms with E-state index >= 15 is 0 Å². The van der Waals surface area contributed by atoms with Crippen molar-refractivity contribution in [2.24, 2.45) is 0 Å². The van der Waals surface area contributed by atoms with Crippen LogP contribution in [0.5, 0.6) is 0 Å². The van der Waals surface area contributed by atoms with Crippen LogP contribution >= 0.6 is 0 Å². The number of H-pyrrole nitrogens is 1. The lowest BCUT2D eigenvalue weighted by atomic mass is 10.1. The molecule has 0 saturated carbocycles. The number of hydrogen-bond donors (Lipinski definition) is 2. The second kappa shape index (κ2) is 6.06. The van der Waals surface area contributed by atoms with E-state index in [9.17, 15) is 9.18 Å². The SMILES string of the molecule is CO[C@@H]1COCC[C@H]1NC(=O)c1[nH]c2c(F)cccc2c1C. The van der Waals surface area contributed by atoms with Crippen molar-refractivity contribution in [2.75, 3.05) is 20.3 Å². The summed E-state index contributed by atoms with van der Waals surface area (Å²) in [5.74, 6) is -0.609. The number of nitrogens with one attached hydrogen (secondary N) is 2. The van der Waals surface area contributed by atoms with Gasteiger partial charge in [-0.2, -0.15) is 0 Å². The van der Waals surface area contributed by atoms with Crippen molar-refractivity contribution in [3.63, 3.8) is 0 Å². The van der Waals surface area contributed by atoms with Gasteiger partial charge in [-0.1, -0.05) is 12.1 Å². The van der Waals surface area contributed by atoms with Gasteiger partial charge < -0.3 is 19.8 Å². The number of para-hydroxylation sites is 1. The molecular formula is C16H19FN2O3. The van der Waals surface area contributed by atoms with Gasteiger partial charge in [0.05, 0.1) is 18.2 Å². The molecule has 118 valence electrons. The number of halogens is 1. The number of hydrogen-bond acceptors (Lipinski definition) is 3. The quantitative estimate of drug-likeness (QED) is 0.913. The largest absolute Gasteiger partial charge is 0.379 e. The van der Waals surface area contributed by atoms with Crippen LogP contribution in [0.15, 0.2) is 18.2 Å². The summed E-state index contributed by atoms with van der Waals surface area (Å²) in [7, 11) is 1.60. The fourth-order valence-electron chi connectivity index (χ4n) is 2.89. The molecule has 1 amide bonds. The molecule has 0 unspecified atom stereocenters. The first kappa shape index (κ1) is 15.0. The molecule has 2 aromatic rings. The zero-order chi connectivity index (χ0) is 15.7. The van der Waals surface area contributed by atoms with E-state index in [-0.39, 0.29) is 23.9 Å². The highest BCUT2D eigenvalue weighted by Crippen LogP contribution is 2.24. The van der Waals surface area contributed by atoms with E-state index in [0.717, 1.165) is 10.9 Å². The van der Waals surface area contributed by atoms with Crippen LogP contribution in [0.3, 0.4) is 0 Å². The third-order valence-electron chi connectivity index (χ3n) is 4.19. The normalized spacial score (nSPS) is 22.0. The van der Waals surface area contributed by atoms with Gasteiger partial charge in [0, 0.05) is 19.1 Å². The minimum atomic E-state index is -0.361. The molecule has 5 nitrogen and oxygen atoms in total. The number of fused-ring (bicyclic) bond motifs is 1. The van der Waals surface area contributed by atoms with Crippen LogP contribution in [0.2, 0.25) is 0 Å². The van der Waals surface area contributed by atoms with Crippen molar-refractivity contribution in [3.8, 4) is 0 Å². The highest BCUT2D eigenvalue weighted by atomic mass is 19.1. The van der Waals surface area contributed by atoms with E-state index in [1.165, 1.54) is 6.07 Å². The van der Waals surface area contributed by atoms with Crippen molar-refractivity contribution in [2.45, 2.75) is 25.5 Å². The summed E-state index contributed by atoms with van der Waals surface area (Å²) in [6, 6.07) is 4.70. The Labute approximate surface area is 127 Å². The highest BCUT2D eigenvalue weighted by molar-refractivity contribution is 6.01. The fraction of sp³-hybridized carbons (Fsp3) is 0.438. The topological polar surface area (TPSA) is 63.4 Å². The lowest BCUT2D eigenvalue weighted by molar-refractivity contribution is -0.0479. The summed E-state index contributed by atoms with van der Waals surface area (Å²) in [5.41, 5.74) is 1.50. The molecule has 1 aliphatic heterocycles. The van der Waals surface area contributed by atoms with Gasteiger partial charge in [0.25, 0.3) is 5.91 Å². The average molecular weight is 306 g/mol. The standard InChI is InChI=1S/C16H19FN2O3/c1-9-10-4-3-5-11(17)15(10)19-14(9)16(20)18-12-6-7-22-8-13(12)21-2/h3-5,12-13,19H,6-8H2,1-2H3,(H,18,20)/t12-,13-/m1/s1. The number of aromatic nitrogens is 1. The minimum absolute atomic E-state index is 0.109. The van der Waals surface area contributed by atoms with E-state index < -0.39 is 0 Å². The average Bonchev–Trinajstić information content (AvgIpc) is 2.87. The second-order valence-corrected chi connectivity index (χ2v) is 5.51. The van der Waals surface area contributed by atoms with Crippen molar-refractivity contribution >= 4 is 16.8 Å². The van der Waals surface area contributed by atoms with Crippen molar-refractivity contribution in [3.05, 3.63) is 35.3 Å². The van der Waals surface area contributed by atoms with Gasteiger partial charge in [0.1, 0.15) is 17.6 Å². The van der Waals surface area contributed by atoms with Gasteiger partial charge >= 0.3 is 0 Å². The minimum Gasteiger partial charge on any atom is -0.379 e. The van der Waals surface area contributed by atoms with Crippen molar-refractivity contribution in [1.82, 2.24) is 10.3 Å². The third-order valence-corrected chi connectivity index (χ3v) is 4.19. The van der Waals surface area contributed by atoms with Crippen LogP contribution in [-0.2, 0) is 9.47 Å². The summed E-state index contributed by atoms with van der Waals surface area (Å²) in [5, 5.41) is 3.68. The molecule has 1 fully saturated rings. The van der Waals surface area contributed by atoms with E-state index in [1.807, 2.05) is 6.92 Å². The van der Waals surface area contributed by atoms with Crippen LogP contribution in [0.1, 0.15) is 22.5 Å². The summed E-state index contributed by atoms with van der Waals surface area (Å²) < 4.78 is 24.5. The number of benzene rings is 1. The number of amides is 1. The van der Waals surface area contributed by atoms with E-state index in [1.54, 1.807) is 19.2 Å². The van der Waals surface area contributed by atoms with Crippen LogP contribution in [0.25, 0.3) is 10.9 Å². The Hall–Kier alpha value is -1.92. The molecular weight excluding hydrogens is 287 g/mol. The molecule has 1 saturated heterocycles. The third kappa shape index (κ3) is 2.60. The van der Waals surface area contributed by atoms with Gasteiger partial charge in [-0.25, -0.2) is 4.39 Å². The van der Waals surface area contributed by atoms with Gasteiger partial charge in [-0.3, -0.25) is 4.79 Å². The molecule has 0 aliphatic carbocycles. The molecule has 1 aromatic heterocycles. The van der Waals surface area contributed by atoms with Crippen LogP contribution < -0.4 is 5.32 Å². The number of carbonyl (C=O) groups is 1. The molecule has 1 aromatic carbocycles. The zero-order valence-corrected chi connectivity index (χ0v) is 12.6. The molecule has 2 N–H and O–H groups in total. The van der Waals surface area contributed by atoms with E-state index in [0.29, 0.717) is 30.8 Å². The van der Waals surface area contributed by atoms with E-state index in [2.05, 4.69) is 10.3 Å². The molecule has 1 aliphatic rings. The van der Waals surface area contributed by atoms with Crippen molar-refractivity contribution in [1.29, 1.82) is 0 Å². The Bertz CT molecular complexity index is 698. The summed E-state index contributed by atoms with van der Waals surface area (Å²) in [6.07, 6.45) is 0.525. The Morgan fingerprint density at radius 1 is 1.50 bits per heavy atom. The lowest BCUT2D eigenvalue weighted by Crippen LogP contribution is -2.49. The predicted octanol–water partition coefficient (Wildman–Crippen LogP) is 2.15. The number of rotatable bonds is 3. The summed E-state index contributed by atoms with van der Waals surface area (Å²) in [4.78, 5) is 15.4. The Morgan fingerprint density at radius 2 is 2.32 bits per heavy atom. The Balaban J connectivity index is 1.86. The maximum absolute atomic E-state index is 13.8. The van der Waals surface area contributed by atoms with E-state index in [4.69, 9.17) is 9.47 Å². The lowest BCUT2D eigenvalue weighted by Gasteiger charge is -2.30. The van der Waals surface area contributed by atoms with Gasteiger partial charge in [-0.05, 0) is 25.0 Å².